The number of nitrogens with zero attached hydrogens (tertiary/aromatic N) is 1. The second kappa shape index (κ2) is 8.49. The highest BCUT2D eigenvalue weighted by molar-refractivity contribution is 7.92. The van der Waals surface area contributed by atoms with Gasteiger partial charge in [0.2, 0.25) is 0 Å². The number of aryl methyl sites for hydroxylation is 1. The van der Waals surface area contributed by atoms with E-state index in [1.54, 1.807) is 36.4 Å². The van der Waals surface area contributed by atoms with E-state index in [9.17, 15) is 13.2 Å². The summed E-state index contributed by atoms with van der Waals surface area (Å²) < 4.78 is 27.2. The molecule has 1 N–H and O–H groups in total. The molecule has 29 heavy (non-hydrogen) atoms. The maximum Gasteiger partial charge on any atom is 0.264 e. The van der Waals surface area contributed by atoms with Gasteiger partial charge in [-0.25, -0.2) is 8.42 Å². The Morgan fingerprint density at radius 3 is 2.24 bits per heavy atom. The molecule has 6 heteroatoms. The Labute approximate surface area is 172 Å². The summed E-state index contributed by atoms with van der Waals surface area (Å²) in [5.74, 6) is -0.322. The molecule has 0 radical (unpaired) electrons. The average Bonchev–Trinajstić information content (AvgIpc) is 2.74. The number of carbonyl (C=O) groups is 1. The summed E-state index contributed by atoms with van der Waals surface area (Å²) in [6.45, 7) is 3.90. The van der Waals surface area contributed by atoms with E-state index in [0.29, 0.717) is 11.3 Å². The van der Waals surface area contributed by atoms with Crippen molar-refractivity contribution in [1.82, 2.24) is 5.32 Å². The largest absolute Gasteiger partial charge is 0.346 e. The quantitative estimate of drug-likeness (QED) is 0.661. The van der Waals surface area contributed by atoms with E-state index in [0.717, 1.165) is 11.1 Å². The maximum absolute atomic E-state index is 13.0. The number of rotatable bonds is 6. The zero-order chi connectivity index (χ0) is 21.0. The van der Waals surface area contributed by atoms with Crippen molar-refractivity contribution in [1.29, 1.82) is 0 Å². The molecule has 0 bridgehead atoms. The van der Waals surface area contributed by atoms with Crippen LogP contribution in [-0.2, 0) is 10.0 Å². The van der Waals surface area contributed by atoms with Crippen LogP contribution in [0.15, 0.2) is 83.8 Å². The number of carbonyl (C=O) groups excluding carboxylic acids is 1. The average molecular weight is 409 g/mol. The van der Waals surface area contributed by atoms with Crippen LogP contribution in [0.2, 0.25) is 0 Å². The molecule has 0 aliphatic heterocycles. The van der Waals surface area contributed by atoms with Gasteiger partial charge in [-0.05, 0) is 49.7 Å². The zero-order valence-electron chi connectivity index (χ0n) is 16.7. The van der Waals surface area contributed by atoms with E-state index in [1.807, 2.05) is 44.2 Å². The van der Waals surface area contributed by atoms with Gasteiger partial charge in [0, 0.05) is 12.6 Å². The summed E-state index contributed by atoms with van der Waals surface area (Å²) >= 11 is 0. The van der Waals surface area contributed by atoms with Gasteiger partial charge in [-0.1, -0.05) is 54.1 Å². The van der Waals surface area contributed by atoms with Crippen molar-refractivity contribution in [3.63, 3.8) is 0 Å². The molecule has 1 atom stereocenters. The highest BCUT2D eigenvalue weighted by Crippen LogP contribution is 2.22. The van der Waals surface area contributed by atoms with E-state index in [1.165, 1.54) is 23.5 Å². The molecular formula is C23H24N2O3S. The summed E-state index contributed by atoms with van der Waals surface area (Å²) in [5.41, 5.74) is 2.98. The first-order chi connectivity index (χ1) is 13.8. The standard InChI is InChI=1S/C23H24N2O3S/c1-17-12-14-19(15-13-17)18(2)24-23(26)20-8-7-11-22(16-20)29(27,28)25(3)21-9-5-4-6-10-21/h4-16,18H,1-3H3,(H,24,26)/t18-/m0/s1. The number of benzene rings is 3. The van der Waals surface area contributed by atoms with Crippen molar-refractivity contribution in [3.05, 3.63) is 95.6 Å². The molecule has 150 valence electrons. The van der Waals surface area contributed by atoms with Crippen LogP contribution < -0.4 is 9.62 Å². The van der Waals surface area contributed by atoms with Crippen molar-refractivity contribution in [2.45, 2.75) is 24.8 Å². The third kappa shape index (κ3) is 4.66. The zero-order valence-corrected chi connectivity index (χ0v) is 17.5. The Morgan fingerprint density at radius 1 is 0.931 bits per heavy atom. The van der Waals surface area contributed by atoms with Crippen LogP contribution in [-0.4, -0.2) is 21.4 Å². The van der Waals surface area contributed by atoms with Gasteiger partial charge in [0.05, 0.1) is 16.6 Å². The molecule has 0 spiro atoms. The molecule has 0 aliphatic rings. The van der Waals surface area contributed by atoms with Crippen molar-refractivity contribution >= 4 is 21.6 Å². The molecule has 0 unspecified atom stereocenters. The number of sulfonamides is 1. The minimum absolute atomic E-state index is 0.0690. The molecular weight excluding hydrogens is 384 g/mol. The molecule has 0 saturated carbocycles. The predicted molar refractivity (Wildman–Crippen MR) is 116 cm³/mol. The lowest BCUT2D eigenvalue weighted by Gasteiger charge is -2.20. The van der Waals surface area contributed by atoms with Crippen LogP contribution in [0.25, 0.3) is 0 Å². The Balaban J connectivity index is 1.81. The molecule has 0 aliphatic carbocycles. The third-order valence-electron chi connectivity index (χ3n) is 4.80. The van der Waals surface area contributed by atoms with E-state index in [4.69, 9.17) is 0 Å². The summed E-state index contributed by atoms with van der Waals surface area (Å²) in [7, 11) is -2.28. The fourth-order valence-corrected chi connectivity index (χ4v) is 4.19. The number of nitrogens with one attached hydrogen (secondary N) is 1. The number of anilines is 1. The van der Waals surface area contributed by atoms with Crippen LogP contribution in [0.3, 0.4) is 0 Å². The Bertz CT molecular complexity index is 1090. The summed E-state index contributed by atoms with van der Waals surface area (Å²) in [6.07, 6.45) is 0. The van der Waals surface area contributed by atoms with Gasteiger partial charge in [0.1, 0.15) is 0 Å². The van der Waals surface area contributed by atoms with Gasteiger partial charge in [0.15, 0.2) is 0 Å². The van der Waals surface area contributed by atoms with Crippen molar-refractivity contribution < 1.29 is 13.2 Å². The smallest absolute Gasteiger partial charge is 0.264 e. The van der Waals surface area contributed by atoms with Crippen LogP contribution >= 0.6 is 0 Å². The van der Waals surface area contributed by atoms with E-state index < -0.39 is 10.0 Å². The molecule has 3 rings (SSSR count). The second-order valence-corrected chi connectivity index (χ2v) is 8.91. The van der Waals surface area contributed by atoms with Crippen LogP contribution in [0.5, 0.6) is 0 Å². The van der Waals surface area contributed by atoms with Gasteiger partial charge >= 0.3 is 0 Å². The summed E-state index contributed by atoms with van der Waals surface area (Å²) in [6, 6.07) is 22.6. The monoisotopic (exact) mass is 408 g/mol. The van der Waals surface area contributed by atoms with Crippen molar-refractivity contribution in [2.75, 3.05) is 11.4 Å². The van der Waals surface area contributed by atoms with E-state index >= 15 is 0 Å². The van der Waals surface area contributed by atoms with Gasteiger partial charge in [-0.15, -0.1) is 0 Å². The first-order valence-electron chi connectivity index (χ1n) is 9.30. The molecule has 0 saturated heterocycles. The molecule has 3 aromatic rings. The van der Waals surface area contributed by atoms with Gasteiger partial charge in [-0.2, -0.15) is 0 Å². The normalized spacial score (nSPS) is 12.2. The molecule has 3 aromatic carbocycles. The highest BCUT2D eigenvalue weighted by atomic mass is 32.2. The first kappa shape index (κ1) is 20.6. The second-order valence-electron chi connectivity index (χ2n) is 6.94. The molecule has 0 heterocycles. The predicted octanol–water partition coefficient (Wildman–Crippen LogP) is 4.31. The van der Waals surface area contributed by atoms with E-state index in [-0.39, 0.29) is 16.8 Å². The Kier molecular flexibility index (Phi) is 6.03. The Morgan fingerprint density at radius 2 is 1.59 bits per heavy atom. The lowest BCUT2D eigenvalue weighted by molar-refractivity contribution is 0.0939. The number of para-hydroxylation sites is 1. The number of hydrogen-bond acceptors (Lipinski definition) is 3. The summed E-state index contributed by atoms with van der Waals surface area (Å²) in [4.78, 5) is 12.8. The fourth-order valence-electron chi connectivity index (χ4n) is 2.95. The molecule has 0 aromatic heterocycles. The summed E-state index contributed by atoms with van der Waals surface area (Å²) in [5, 5.41) is 2.92. The first-order valence-corrected chi connectivity index (χ1v) is 10.7. The maximum atomic E-state index is 13.0. The van der Waals surface area contributed by atoms with Gasteiger partial charge in [0.25, 0.3) is 15.9 Å². The van der Waals surface area contributed by atoms with Crippen molar-refractivity contribution in [2.24, 2.45) is 0 Å². The van der Waals surface area contributed by atoms with Gasteiger partial charge in [-0.3, -0.25) is 9.10 Å². The minimum Gasteiger partial charge on any atom is -0.346 e. The number of amides is 1. The topological polar surface area (TPSA) is 66.5 Å². The fraction of sp³-hybridized carbons (Fsp3) is 0.174. The lowest BCUT2D eigenvalue weighted by atomic mass is 10.1. The molecule has 5 nitrogen and oxygen atoms in total. The van der Waals surface area contributed by atoms with Crippen LogP contribution in [0.1, 0.15) is 34.5 Å². The minimum atomic E-state index is -3.78. The van der Waals surface area contributed by atoms with E-state index in [2.05, 4.69) is 5.32 Å². The van der Waals surface area contributed by atoms with Gasteiger partial charge < -0.3 is 5.32 Å². The molecule has 0 fully saturated rings. The number of hydrogen-bond donors (Lipinski definition) is 1. The lowest BCUT2D eigenvalue weighted by Crippen LogP contribution is -2.28. The van der Waals surface area contributed by atoms with Crippen molar-refractivity contribution in [3.8, 4) is 0 Å². The van der Waals surface area contributed by atoms with Crippen LogP contribution in [0.4, 0.5) is 5.69 Å². The highest BCUT2D eigenvalue weighted by Gasteiger charge is 2.22. The van der Waals surface area contributed by atoms with Crippen LogP contribution in [0, 0.1) is 6.92 Å². The SMILES string of the molecule is Cc1ccc([C@H](C)NC(=O)c2cccc(S(=O)(=O)N(C)c3ccccc3)c2)cc1. The Hall–Kier alpha value is -3.12. The third-order valence-corrected chi connectivity index (χ3v) is 6.58. The molecule has 1 amide bonds.